The minimum atomic E-state index is -0.469. The maximum atomic E-state index is 14.3. The molecule has 1 amide bonds. The van der Waals surface area contributed by atoms with Crippen LogP contribution >= 0.6 is 0 Å². The topological polar surface area (TPSA) is 111 Å². The van der Waals surface area contributed by atoms with Gasteiger partial charge in [0.25, 0.3) is 11.5 Å². The van der Waals surface area contributed by atoms with Gasteiger partial charge in [-0.3, -0.25) is 14.2 Å². The Labute approximate surface area is 271 Å². The first kappa shape index (κ1) is 37.7. The van der Waals surface area contributed by atoms with Crippen LogP contribution < -0.4 is 5.56 Å². The van der Waals surface area contributed by atoms with E-state index in [4.69, 9.17) is 0 Å². The molecule has 8 heteroatoms. The van der Waals surface area contributed by atoms with Crippen LogP contribution in [0, 0.1) is 23.2 Å². The number of hydrogen-bond acceptors (Lipinski definition) is 6. The second-order valence-electron chi connectivity index (χ2n) is 12.3. The molecule has 2 rings (SSSR count). The summed E-state index contributed by atoms with van der Waals surface area (Å²) >= 11 is 0. The van der Waals surface area contributed by atoms with Gasteiger partial charge >= 0.3 is 0 Å². The number of unbranched alkanes of at least 4 members (excludes halogenated alkanes) is 4. The van der Waals surface area contributed by atoms with Crippen molar-refractivity contribution in [2.75, 3.05) is 13.1 Å². The molecule has 0 aliphatic rings. The lowest BCUT2D eigenvalue weighted by Gasteiger charge is -2.31. The molecule has 0 fully saturated rings. The van der Waals surface area contributed by atoms with Crippen LogP contribution in [0.2, 0.25) is 0 Å². The van der Waals surface area contributed by atoms with Crippen LogP contribution in [0.25, 0.3) is 0 Å². The number of carbonyl (C=O) groups excluding carboxylic acids is 1. The summed E-state index contributed by atoms with van der Waals surface area (Å²) in [6, 6.07) is 9.30. The minimum Gasteiger partial charge on any atom is -0.493 e. The molecule has 1 heterocycles. The van der Waals surface area contributed by atoms with Crippen molar-refractivity contribution in [3.05, 3.63) is 51.3 Å². The van der Waals surface area contributed by atoms with Crippen molar-refractivity contribution in [2.45, 2.75) is 132 Å². The van der Waals surface area contributed by atoms with Gasteiger partial charge in [0, 0.05) is 25.2 Å². The van der Waals surface area contributed by atoms with Gasteiger partial charge in [-0.2, -0.15) is 5.26 Å². The molecule has 0 bridgehead atoms. The molecule has 1 N–H and O–H groups in total. The van der Waals surface area contributed by atoms with E-state index < -0.39 is 5.56 Å². The lowest BCUT2D eigenvalue weighted by atomic mass is 9.95. The Bertz CT molecular complexity index is 1310. The summed E-state index contributed by atoms with van der Waals surface area (Å²) in [5, 5.41) is 29.8. The van der Waals surface area contributed by atoms with E-state index in [1.165, 1.54) is 4.57 Å². The lowest BCUT2D eigenvalue weighted by molar-refractivity contribution is 0.0685. The van der Waals surface area contributed by atoms with Gasteiger partial charge < -0.3 is 10.0 Å². The van der Waals surface area contributed by atoms with Crippen molar-refractivity contribution in [1.29, 1.82) is 5.26 Å². The number of azo groups is 1. The van der Waals surface area contributed by atoms with E-state index in [2.05, 4.69) is 44.0 Å². The van der Waals surface area contributed by atoms with Gasteiger partial charge in [-0.25, -0.2) is 0 Å². The average Bonchev–Trinajstić information content (AvgIpc) is 3.06. The SMILES string of the molecule is CCCCc1c(C#N)c(O)n(CCCC)c(=O)c1N=Nc1ccccc1C(=O)N(CC(CC)CCCC)CC(CC)CCCC. The van der Waals surface area contributed by atoms with Crippen LogP contribution in [0.1, 0.15) is 140 Å². The molecule has 2 aromatic rings. The third kappa shape index (κ3) is 10.8. The molecule has 0 aliphatic heterocycles. The molecule has 8 nitrogen and oxygen atoms in total. The zero-order valence-corrected chi connectivity index (χ0v) is 28.8. The van der Waals surface area contributed by atoms with E-state index in [-0.39, 0.29) is 29.6 Å². The lowest BCUT2D eigenvalue weighted by Crippen LogP contribution is -2.39. The maximum absolute atomic E-state index is 14.3. The summed E-state index contributed by atoms with van der Waals surface area (Å²) in [4.78, 5) is 30.0. The second kappa shape index (κ2) is 20.5. The average molecular weight is 620 g/mol. The van der Waals surface area contributed by atoms with E-state index in [0.717, 1.165) is 70.6 Å². The molecule has 0 spiro atoms. The van der Waals surface area contributed by atoms with Gasteiger partial charge in [0.15, 0.2) is 5.69 Å². The summed E-state index contributed by atoms with van der Waals surface area (Å²) in [6.45, 7) is 14.5. The molecule has 0 radical (unpaired) electrons. The molecule has 1 aromatic carbocycles. The molecular formula is C37H57N5O3. The second-order valence-corrected chi connectivity index (χ2v) is 12.3. The highest BCUT2D eigenvalue weighted by molar-refractivity contribution is 5.99. The number of hydrogen-bond donors (Lipinski definition) is 1. The fourth-order valence-corrected chi connectivity index (χ4v) is 5.80. The number of carbonyl (C=O) groups is 1. The number of aromatic nitrogens is 1. The summed E-state index contributed by atoms with van der Waals surface area (Å²) < 4.78 is 1.23. The fraction of sp³-hybridized carbons (Fsp3) is 0.649. The number of benzene rings is 1. The van der Waals surface area contributed by atoms with Crippen molar-refractivity contribution in [1.82, 2.24) is 9.47 Å². The van der Waals surface area contributed by atoms with Crippen molar-refractivity contribution in [3.63, 3.8) is 0 Å². The number of nitrogens with zero attached hydrogens (tertiary/aromatic N) is 5. The van der Waals surface area contributed by atoms with Crippen molar-refractivity contribution < 1.29 is 9.90 Å². The first-order chi connectivity index (χ1) is 21.8. The highest BCUT2D eigenvalue weighted by Crippen LogP contribution is 2.31. The first-order valence-corrected chi connectivity index (χ1v) is 17.5. The Kier molecular flexibility index (Phi) is 17.2. The molecule has 2 atom stereocenters. The summed E-state index contributed by atoms with van der Waals surface area (Å²) in [7, 11) is 0. The monoisotopic (exact) mass is 619 g/mol. The zero-order chi connectivity index (χ0) is 33.2. The van der Waals surface area contributed by atoms with Crippen molar-refractivity contribution >= 4 is 17.3 Å². The molecule has 0 saturated heterocycles. The van der Waals surface area contributed by atoms with Gasteiger partial charge in [-0.1, -0.05) is 105 Å². The third-order valence-electron chi connectivity index (χ3n) is 8.87. The van der Waals surface area contributed by atoms with Crippen LogP contribution in [0.4, 0.5) is 11.4 Å². The van der Waals surface area contributed by atoms with Crippen LogP contribution in [-0.4, -0.2) is 33.6 Å². The number of nitriles is 1. The molecule has 0 saturated carbocycles. The largest absolute Gasteiger partial charge is 0.493 e. The number of pyridine rings is 1. The van der Waals surface area contributed by atoms with Gasteiger partial charge in [0.2, 0.25) is 5.88 Å². The zero-order valence-electron chi connectivity index (χ0n) is 28.8. The summed E-state index contributed by atoms with van der Waals surface area (Å²) in [5.74, 6) is 0.477. The Balaban J connectivity index is 2.62. The van der Waals surface area contributed by atoms with Crippen LogP contribution in [0.15, 0.2) is 39.3 Å². The molecule has 45 heavy (non-hydrogen) atoms. The summed E-state index contributed by atoms with van der Waals surface area (Å²) in [5.41, 5.74) is 0.917. The Morgan fingerprint density at radius 2 is 1.47 bits per heavy atom. The first-order valence-electron chi connectivity index (χ1n) is 17.5. The minimum absolute atomic E-state index is 0.0595. The normalized spacial score (nSPS) is 12.7. The number of rotatable bonds is 21. The van der Waals surface area contributed by atoms with Gasteiger partial charge in [0.1, 0.15) is 11.6 Å². The van der Waals surface area contributed by atoms with E-state index >= 15 is 0 Å². The van der Waals surface area contributed by atoms with Gasteiger partial charge in [-0.15, -0.1) is 10.2 Å². The van der Waals surface area contributed by atoms with E-state index in [1.54, 1.807) is 12.1 Å². The highest BCUT2D eigenvalue weighted by atomic mass is 16.3. The summed E-state index contributed by atoms with van der Waals surface area (Å²) in [6.07, 6.45) is 12.3. The van der Waals surface area contributed by atoms with E-state index in [0.29, 0.717) is 54.6 Å². The number of amides is 1. The predicted molar refractivity (Wildman–Crippen MR) is 184 cm³/mol. The molecule has 2 unspecified atom stereocenters. The predicted octanol–water partition coefficient (Wildman–Crippen LogP) is 9.86. The van der Waals surface area contributed by atoms with Gasteiger partial charge in [-0.05, 0) is 56.1 Å². The van der Waals surface area contributed by atoms with Gasteiger partial charge in [0.05, 0.1) is 11.3 Å². The highest BCUT2D eigenvalue weighted by Gasteiger charge is 2.25. The van der Waals surface area contributed by atoms with Crippen molar-refractivity contribution in [2.24, 2.45) is 22.1 Å². The van der Waals surface area contributed by atoms with Crippen molar-refractivity contribution in [3.8, 4) is 11.9 Å². The fourth-order valence-electron chi connectivity index (χ4n) is 5.80. The number of aromatic hydroxyl groups is 1. The molecular weight excluding hydrogens is 562 g/mol. The van der Waals surface area contributed by atoms with Crippen LogP contribution in [0.5, 0.6) is 5.88 Å². The van der Waals surface area contributed by atoms with E-state index in [9.17, 15) is 20.0 Å². The third-order valence-corrected chi connectivity index (χ3v) is 8.87. The van der Waals surface area contributed by atoms with Crippen LogP contribution in [-0.2, 0) is 13.0 Å². The quantitative estimate of drug-likeness (QED) is 0.140. The maximum Gasteiger partial charge on any atom is 0.281 e. The molecule has 1 aromatic heterocycles. The Hall–Kier alpha value is -3.47. The molecule has 248 valence electrons. The standard InChI is InChI=1S/C37H57N5O3/c1-7-13-19-28(11-5)26-41(27-29(12-6)20-14-8-2)35(43)31-22-17-18-23-33(31)39-40-34-30(21-15-9-3)32(25-38)36(44)42(37(34)45)24-16-10-4/h17-18,22-23,28-29,44H,7-16,19-21,24,26-27H2,1-6H3. The molecule has 0 aliphatic carbocycles. The van der Waals surface area contributed by atoms with E-state index in [1.807, 2.05) is 30.9 Å². The Morgan fingerprint density at radius 3 is 2.00 bits per heavy atom. The van der Waals surface area contributed by atoms with Crippen LogP contribution in [0.3, 0.4) is 0 Å². The smallest absolute Gasteiger partial charge is 0.281 e. The Morgan fingerprint density at radius 1 is 0.889 bits per heavy atom.